The fourth-order valence-electron chi connectivity index (χ4n) is 1.57. The monoisotopic (exact) mass is 198 g/mol. The number of amidine groups is 1. The van der Waals surface area contributed by atoms with Gasteiger partial charge < -0.3 is 4.90 Å². The lowest BCUT2D eigenvalue weighted by Gasteiger charge is -2.28. The van der Waals surface area contributed by atoms with Crippen LogP contribution in [0.1, 0.15) is 54.4 Å². The number of hydrogen-bond acceptors (Lipinski definition) is 1. The van der Waals surface area contributed by atoms with Gasteiger partial charge in [0, 0.05) is 18.6 Å². The second-order valence-corrected chi connectivity index (χ2v) is 4.41. The zero-order valence-electron chi connectivity index (χ0n) is 10.7. The lowest BCUT2D eigenvalue weighted by atomic mass is 10.2. The first-order valence-corrected chi connectivity index (χ1v) is 5.80. The summed E-state index contributed by atoms with van der Waals surface area (Å²) < 4.78 is 0. The summed E-state index contributed by atoms with van der Waals surface area (Å²) in [5.41, 5.74) is 0. The van der Waals surface area contributed by atoms with E-state index < -0.39 is 0 Å². The summed E-state index contributed by atoms with van der Waals surface area (Å²) in [4.78, 5) is 6.99. The Kier molecular flexibility index (Phi) is 6.60. The molecule has 0 aliphatic carbocycles. The first-order chi connectivity index (χ1) is 6.49. The molecule has 14 heavy (non-hydrogen) atoms. The van der Waals surface area contributed by atoms with Crippen molar-refractivity contribution in [3.8, 4) is 0 Å². The van der Waals surface area contributed by atoms with Crippen LogP contribution in [0.2, 0.25) is 0 Å². The zero-order chi connectivity index (χ0) is 11.1. The molecular weight excluding hydrogens is 172 g/mol. The Bertz CT molecular complexity index is 171. The van der Waals surface area contributed by atoms with Crippen LogP contribution in [-0.2, 0) is 0 Å². The van der Waals surface area contributed by atoms with E-state index >= 15 is 0 Å². The van der Waals surface area contributed by atoms with E-state index in [9.17, 15) is 0 Å². The van der Waals surface area contributed by atoms with Gasteiger partial charge in [0.25, 0.3) is 0 Å². The lowest BCUT2D eigenvalue weighted by molar-refractivity contribution is 0.339. The minimum atomic E-state index is 0.401. The van der Waals surface area contributed by atoms with Crippen LogP contribution in [0.4, 0.5) is 0 Å². The van der Waals surface area contributed by atoms with Gasteiger partial charge in [-0.05, 0) is 41.0 Å². The molecule has 0 aliphatic heterocycles. The summed E-state index contributed by atoms with van der Waals surface area (Å²) >= 11 is 0. The molecule has 0 aromatic carbocycles. The largest absolute Gasteiger partial charge is 0.358 e. The molecule has 0 aromatic rings. The third kappa shape index (κ3) is 5.25. The molecule has 0 saturated carbocycles. The predicted molar refractivity (Wildman–Crippen MR) is 65.0 cm³/mol. The van der Waals surface area contributed by atoms with Crippen LogP contribution in [-0.4, -0.2) is 29.4 Å². The molecule has 0 rings (SSSR count). The average molecular weight is 198 g/mol. The lowest BCUT2D eigenvalue weighted by Crippen LogP contribution is -2.36. The van der Waals surface area contributed by atoms with Crippen molar-refractivity contribution in [2.24, 2.45) is 4.99 Å². The van der Waals surface area contributed by atoms with Crippen molar-refractivity contribution < 1.29 is 0 Å². The van der Waals surface area contributed by atoms with Crippen molar-refractivity contribution in [2.45, 2.75) is 66.5 Å². The second-order valence-electron chi connectivity index (χ2n) is 4.41. The second kappa shape index (κ2) is 6.86. The van der Waals surface area contributed by atoms with Crippen LogP contribution < -0.4 is 0 Å². The fourth-order valence-corrected chi connectivity index (χ4v) is 1.57. The Labute approximate surface area is 89.4 Å². The number of hydrogen-bond donors (Lipinski definition) is 0. The van der Waals surface area contributed by atoms with E-state index in [2.05, 4.69) is 51.4 Å². The van der Waals surface area contributed by atoms with Gasteiger partial charge in [0.2, 0.25) is 0 Å². The average Bonchev–Trinajstić information content (AvgIpc) is 2.02. The molecule has 0 N–H and O–H groups in total. The smallest absolute Gasteiger partial charge is 0.0962 e. The Morgan fingerprint density at radius 3 is 2.14 bits per heavy atom. The summed E-state index contributed by atoms with van der Waals surface area (Å²) in [6.45, 7) is 14.2. The quantitative estimate of drug-likeness (QED) is 0.489. The van der Waals surface area contributed by atoms with Gasteiger partial charge in [-0.15, -0.1) is 0 Å². The normalized spacial score (nSPS) is 12.7. The van der Waals surface area contributed by atoms with Gasteiger partial charge >= 0.3 is 0 Å². The van der Waals surface area contributed by atoms with Crippen molar-refractivity contribution in [1.29, 1.82) is 0 Å². The van der Waals surface area contributed by atoms with E-state index in [1.807, 2.05) is 0 Å². The molecule has 0 saturated heterocycles. The Hall–Kier alpha value is -0.530. The molecule has 0 atom stereocenters. The number of unbranched alkanes of at least 4 members (excludes halogenated alkanes) is 1. The number of rotatable bonds is 5. The third-order valence-electron chi connectivity index (χ3n) is 2.24. The maximum absolute atomic E-state index is 4.59. The van der Waals surface area contributed by atoms with Crippen molar-refractivity contribution in [1.82, 2.24) is 4.90 Å². The van der Waals surface area contributed by atoms with Crippen LogP contribution in [0, 0.1) is 0 Å². The van der Waals surface area contributed by atoms with Gasteiger partial charge in [0.05, 0.1) is 5.84 Å². The minimum absolute atomic E-state index is 0.401. The highest BCUT2D eigenvalue weighted by atomic mass is 15.2. The van der Waals surface area contributed by atoms with Gasteiger partial charge in [-0.25, -0.2) is 0 Å². The van der Waals surface area contributed by atoms with Crippen LogP contribution in [0.5, 0.6) is 0 Å². The molecule has 84 valence electrons. The summed E-state index contributed by atoms with van der Waals surface area (Å²) in [5.74, 6) is 1.18. The van der Waals surface area contributed by atoms with E-state index in [4.69, 9.17) is 0 Å². The molecule has 2 heteroatoms. The van der Waals surface area contributed by atoms with Crippen LogP contribution in [0.3, 0.4) is 0 Å². The molecule has 0 aliphatic rings. The molecule has 2 nitrogen and oxygen atoms in total. The molecule has 0 amide bonds. The summed E-state index contributed by atoms with van der Waals surface area (Å²) in [5, 5.41) is 0. The topological polar surface area (TPSA) is 15.6 Å². The maximum atomic E-state index is 4.59. The highest BCUT2D eigenvalue weighted by molar-refractivity contribution is 5.80. The molecule has 0 unspecified atom stereocenters. The van der Waals surface area contributed by atoms with Crippen LogP contribution >= 0.6 is 0 Å². The van der Waals surface area contributed by atoms with Gasteiger partial charge in [-0.2, -0.15) is 0 Å². The minimum Gasteiger partial charge on any atom is -0.358 e. The van der Waals surface area contributed by atoms with Gasteiger partial charge in [0.15, 0.2) is 0 Å². The molecule has 0 fully saturated rings. The van der Waals surface area contributed by atoms with Gasteiger partial charge in [-0.3, -0.25) is 4.99 Å². The highest BCUT2D eigenvalue weighted by Crippen LogP contribution is 2.04. The maximum Gasteiger partial charge on any atom is 0.0962 e. The van der Waals surface area contributed by atoms with Gasteiger partial charge in [0.1, 0.15) is 0 Å². The SMILES string of the molecule is CCCCN(/C(C)=N/C(C)C)C(C)C. The highest BCUT2D eigenvalue weighted by Gasteiger charge is 2.10. The van der Waals surface area contributed by atoms with E-state index in [0.29, 0.717) is 12.1 Å². The third-order valence-corrected chi connectivity index (χ3v) is 2.24. The first-order valence-electron chi connectivity index (χ1n) is 5.80. The van der Waals surface area contributed by atoms with Crippen molar-refractivity contribution in [3.05, 3.63) is 0 Å². The molecule has 0 spiro atoms. The molecule has 0 bridgehead atoms. The zero-order valence-corrected chi connectivity index (χ0v) is 10.7. The standard InChI is InChI=1S/C12H26N2/c1-7-8-9-14(11(4)5)12(6)13-10(2)3/h10-11H,7-9H2,1-6H3/b13-12+. The molecular formula is C12H26N2. The van der Waals surface area contributed by atoms with Crippen molar-refractivity contribution in [2.75, 3.05) is 6.54 Å². The fraction of sp³-hybridized carbons (Fsp3) is 0.917. The Balaban J connectivity index is 4.32. The molecule has 0 heterocycles. The van der Waals surface area contributed by atoms with Crippen LogP contribution in [0.25, 0.3) is 0 Å². The summed E-state index contributed by atoms with van der Waals surface area (Å²) in [7, 11) is 0. The van der Waals surface area contributed by atoms with Crippen LogP contribution in [0.15, 0.2) is 4.99 Å². The number of nitrogens with zero attached hydrogens (tertiary/aromatic N) is 2. The molecule has 0 radical (unpaired) electrons. The molecule has 0 aromatic heterocycles. The van der Waals surface area contributed by atoms with E-state index in [0.717, 1.165) is 6.54 Å². The predicted octanol–water partition coefficient (Wildman–Crippen LogP) is 3.32. The summed E-state index contributed by atoms with van der Waals surface area (Å²) in [6, 6.07) is 0.960. The van der Waals surface area contributed by atoms with E-state index in [-0.39, 0.29) is 0 Å². The Morgan fingerprint density at radius 2 is 1.79 bits per heavy atom. The van der Waals surface area contributed by atoms with Crippen molar-refractivity contribution in [3.63, 3.8) is 0 Å². The van der Waals surface area contributed by atoms with E-state index in [1.54, 1.807) is 0 Å². The first kappa shape index (κ1) is 13.5. The Morgan fingerprint density at radius 1 is 1.21 bits per heavy atom. The van der Waals surface area contributed by atoms with Crippen molar-refractivity contribution >= 4 is 5.84 Å². The van der Waals surface area contributed by atoms with E-state index in [1.165, 1.54) is 18.7 Å². The number of aliphatic imine (C=N–C) groups is 1. The summed E-state index contributed by atoms with van der Waals surface area (Å²) in [6.07, 6.45) is 2.50. The van der Waals surface area contributed by atoms with Gasteiger partial charge in [-0.1, -0.05) is 13.3 Å².